The van der Waals surface area contributed by atoms with Gasteiger partial charge in [-0.05, 0) is 6.07 Å². The number of carbonyl (C=O) groups is 1. The van der Waals surface area contributed by atoms with Gasteiger partial charge in [-0.3, -0.25) is 14.9 Å². The Hall–Kier alpha value is -1.95. The van der Waals surface area contributed by atoms with Crippen LogP contribution in [0.25, 0.3) is 0 Å². The lowest BCUT2D eigenvalue weighted by Crippen LogP contribution is -3.06. The Kier molecular flexibility index (Phi) is 5.44. The van der Waals surface area contributed by atoms with Crippen LogP contribution < -0.4 is 10.2 Å². The van der Waals surface area contributed by atoms with Gasteiger partial charge in [-0.2, -0.15) is 0 Å². The summed E-state index contributed by atoms with van der Waals surface area (Å²) in [5, 5.41) is 13.4. The molecule has 2 N–H and O–H groups in total. The summed E-state index contributed by atoms with van der Waals surface area (Å²) in [5.41, 5.74) is 0.247. The maximum absolute atomic E-state index is 11.9. The fourth-order valence-electron chi connectivity index (χ4n) is 1.90. The highest BCUT2D eigenvalue weighted by Gasteiger charge is 2.13. The number of hydrogen-bond donors (Lipinski definition) is 2. The number of nitro benzene ring substituents is 1. The Morgan fingerprint density at radius 3 is 2.74 bits per heavy atom. The number of benzene rings is 1. The largest absolute Gasteiger partial charge is 0.352 e. The summed E-state index contributed by atoms with van der Waals surface area (Å²) in [6, 6.07) is 5.75. The molecule has 1 atom stereocenters. The maximum atomic E-state index is 11.9. The molecule has 0 saturated carbocycles. The lowest BCUT2D eigenvalue weighted by Gasteiger charge is -2.15. The van der Waals surface area contributed by atoms with Crippen molar-refractivity contribution in [3.05, 3.63) is 39.9 Å². The van der Waals surface area contributed by atoms with E-state index in [0.717, 1.165) is 6.54 Å². The normalized spacial score (nSPS) is 12.2. The highest BCUT2D eigenvalue weighted by Crippen LogP contribution is 2.12. The van der Waals surface area contributed by atoms with E-state index in [2.05, 4.69) is 26.3 Å². The Labute approximate surface area is 112 Å². The topological polar surface area (TPSA) is 76.7 Å². The second kappa shape index (κ2) is 6.84. The highest BCUT2D eigenvalue weighted by molar-refractivity contribution is 5.94. The van der Waals surface area contributed by atoms with E-state index >= 15 is 0 Å². The van der Waals surface area contributed by atoms with Crippen molar-refractivity contribution in [2.45, 2.75) is 6.92 Å². The summed E-state index contributed by atoms with van der Waals surface area (Å²) < 4.78 is 0. The molecule has 0 unspecified atom stereocenters. The molecular formula is C13H20N3O3+. The first kappa shape index (κ1) is 15.1. The zero-order chi connectivity index (χ0) is 14.4. The predicted octanol–water partition coefficient (Wildman–Crippen LogP) is 0.105. The van der Waals surface area contributed by atoms with Crippen LogP contribution >= 0.6 is 0 Å². The number of rotatable bonds is 6. The van der Waals surface area contributed by atoms with Crippen LogP contribution in [0.15, 0.2) is 24.3 Å². The zero-order valence-corrected chi connectivity index (χ0v) is 11.5. The van der Waals surface area contributed by atoms with Crippen molar-refractivity contribution < 1.29 is 14.6 Å². The van der Waals surface area contributed by atoms with Crippen LogP contribution in [-0.4, -0.2) is 38.0 Å². The minimum atomic E-state index is -0.505. The molecule has 0 spiro atoms. The van der Waals surface area contributed by atoms with Crippen LogP contribution in [0, 0.1) is 16.0 Å². The number of amides is 1. The number of nitrogens with one attached hydrogen (secondary N) is 2. The quantitative estimate of drug-likeness (QED) is 0.566. The molecule has 0 heterocycles. The molecule has 19 heavy (non-hydrogen) atoms. The van der Waals surface area contributed by atoms with E-state index in [9.17, 15) is 14.9 Å². The minimum Gasteiger partial charge on any atom is -0.352 e. The number of nitrogens with zero attached hydrogens (tertiary/aromatic N) is 1. The van der Waals surface area contributed by atoms with Crippen LogP contribution in [0.4, 0.5) is 5.69 Å². The van der Waals surface area contributed by atoms with Crippen molar-refractivity contribution in [1.82, 2.24) is 5.32 Å². The van der Waals surface area contributed by atoms with E-state index in [-0.39, 0.29) is 11.6 Å². The third-order valence-corrected chi connectivity index (χ3v) is 2.69. The van der Waals surface area contributed by atoms with Crippen molar-refractivity contribution in [2.75, 3.05) is 27.2 Å². The number of hydrogen-bond acceptors (Lipinski definition) is 3. The molecule has 0 aliphatic rings. The van der Waals surface area contributed by atoms with E-state index in [1.54, 1.807) is 6.07 Å². The standard InChI is InChI=1S/C13H19N3O3/c1-10(9-15(2)3)8-14-13(17)11-5-4-6-12(7-11)16(18)19/h4-7,10H,8-9H2,1-3H3,(H,14,17)/p+1/t10-/m1/s1. The van der Waals surface area contributed by atoms with Gasteiger partial charge in [0.1, 0.15) is 0 Å². The average Bonchev–Trinajstić information content (AvgIpc) is 2.35. The fourth-order valence-corrected chi connectivity index (χ4v) is 1.90. The van der Waals surface area contributed by atoms with Crippen molar-refractivity contribution >= 4 is 11.6 Å². The van der Waals surface area contributed by atoms with E-state index in [0.29, 0.717) is 18.0 Å². The van der Waals surface area contributed by atoms with Crippen LogP contribution in [0.5, 0.6) is 0 Å². The number of non-ortho nitro benzene ring substituents is 1. The van der Waals surface area contributed by atoms with Crippen LogP contribution in [0.2, 0.25) is 0 Å². The molecule has 0 radical (unpaired) electrons. The zero-order valence-electron chi connectivity index (χ0n) is 11.5. The highest BCUT2D eigenvalue weighted by atomic mass is 16.6. The molecule has 0 aromatic heterocycles. The van der Waals surface area contributed by atoms with Crippen LogP contribution in [0.1, 0.15) is 17.3 Å². The molecule has 6 heteroatoms. The SMILES string of the molecule is C[C@H](CNC(=O)c1cccc([N+](=O)[O-])c1)C[NH+](C)C. The first-order valence-electron chi connectivity index (χ1n) is 6.22. The monoisotopic (exact) mass is 266 g/mol. The van der Waals surface area contributed by atoms with Gasteiger partial charge in [-0.15, -0.1) is 0 Å². The molecule has 1 amide bonds. The lowest BCUT2D eigenvalue weighted by molar-refractivity contribution is -0.861. The van der Waals surface area contributed by atoms with Crippen molar-refractivity contribution in [2.24, 2.45) is 5.92 Å². The van der Waals surface area contributed by atoms with Gasteiger partial charge < -0.3 is 10.2 Å². The average molecular weight is 266 g/mol. The fraction of sp³-hybridized carbons (Fsp3) is 0.462. The predicted molar refractivity (Wildman–Crippen MR) is 72.3 cm³/mol. The van der Waals surface area contributed by atoms with E-state index in [1.807, 2.05) is 0 Å². The molecule has 0 aliphatic heterocycles. The number of carbonyl (C=O) groups excluding carboxylic acids is 1. The van der Waals surface area contributed by atoms with Crippen molar-refractivity contribution in [3.63, 3.8) is 0 Å². The minimum absolute atomic E-state index is 0.0709. The maximum Gasteiger partial charge on any atom is 0.270 e. The summed E-state index contributed by atoms with van der Waals surface area (Å²) in [6.07, 6.45) is 0. The summed E-state index contributed by atoms with van der Waals surface area (Å²) in [6.45, 7) is 3.57. The molecule has 1 rings (SSSR count). The summed E-state index contributed by atoms with van der Waals surface area (Å²) >= 11 is 0. The van der Waals surface area contributed by atoms with E-state index in [4.69, 9.17) is 0 Å². The molecule has 0 aliphatic carbocycles. The first-order chi connectivity index (χ1) is 8.90. The van der Waals surface area contributed by atoms with E-state index < -0.39 is 4.92 Å². The van der Waals surface area contributed by atoms with E-state index in [1.165, 1.54) is 23.1 Å². The molecule has 0 saturated heterocycles. The number of quaternary nitrogens is 1. The Balaban J connectivity index is 2.58. The van der Waals surface area contributed by atoms with Gasteiger partial charge in [-0.25, -0.2) is 0 Å². The summed E-state index contributed by atoms with van der Waals surface area (Å²) in [5.74, 6) is 0.0805. The lowest BCUT2D eigenvalue weighted by atomic mass is 10.1. The van der Waals surface area contributed by atoms with Crippen LogP contribution in [0.3, 0.4) is 0 Å². The second-order valence-corrected chi connectivity index (χ2v) is 5.03. The summed E-state index contributed by atoms with van der Waals surface area (Å²) in [4.78, 5) is 23.3. The van der Waals surface area contributed by atoms with Gasteiger partial charge >= 0.3 is 0 Å². The smallest absolute Gasteiger partial charge is 0.270 e. The Morgan fingerprint density at radius 2 is 2.16 bits per heavy atom. The van der Waals surface area contributed by atoms with Gasteiger partial charge in [0.25, 0.3) is 11.6 Å². The van der Waals surface area contributed by atoms with Gasteiger partial charge in [0.2, 0.25) is 0 Å². The second-order valence-electron chi connectivity index (χ2n) is 5.03. The molecular weight excluding hydrogens is 246 g/mol. The first-order valence-corrected chi connectivity index (χ1v) is 6.22. The molecule has 1 aromatic carbocycles. The Morgan fingerprint density at radius 1 is 1.47 bits per heavy atom. The van der Waals surface area contributed by atoms with Gasteiger partial charge in [-0.1, -0.05) is 13.0 Å². The molecule has 104 valence electrons. The van der Waals surface area contributed by atoms with Gasteiger partial charge in [0.05, 0.1) is 25.6 Å². The van der Waals surface area contributed by atoms with Gasteiger partial charge in [0.15, 0.2) is 0 Å². The molecule has 0 fully saturated rings. The number of nitro groups is 1. The summed E-state index contributed by atoms with van der Waals surface area (Å²) in [7, 11) is 4.11. The van der Waals surface area contributed by atoms with Crippen LogP contribution in [-0.2, 0) is 0 Å². The third-order valence-electron chi connectivity index (χ3n) is 2.69. The van der Waals surface area contributed by atoms with Crippen molar-refractivity contribution in [1.29, 1.82) is 0 Å². The van der Waals surface area contributed by atoms with Gasteiger partial charge in [0, 0.05) is 30.2 Å². The Bertz CT molecular complexity index is 460. The third kappa shape index (κ3) is 5.05. The molecule has 0 bridgehead atoms. The van der Waals surface area contributed by atoms with Crippen molar-refractivity contribution in [3.8, 4) is 0 Å². The molecule has 1 aromatic rings. The molecule has 6 nitrogen and oxygen atoms in total.